The van der Waals surface area contributed by atoms with E-state index in [9.17, 15) is 0 Å². The summed E-state index contributed by atoms with van der Waals surface area (Å²) in [6.45, 7) is 5.04. The molecule has 144 valence electrons. The average molecular weight is 445 g/mol. The number of aryl methyl sites for hydroxylation is 1. The Morgan fingerprint density at radius 1 is 1.04 bits per heavy atom. The summed E-state index contributed by atoms with van der Waals surface area (Å²) < 4.78 is 17.5. The van der Waals surface area contributed by atoms with Crippen molar-refractivity contribution in [3.05, 3.63) is 57.6 Å². The highest BCUT2D eigenvalue weighted by molar-refractivity contribution is 9.10. The lowest BCUT2D eigenvalue weighted by Crippen LogP contribution is -2.16. The van der Waals surface area contributed by atoms with E-state index < -0.39 is 0 Å². The highest BCUT2D eigenvalue weighted by Crippen LogP contribution is 2.37. The van der Waals surface area contributed by atoms with Crippen molar-refractivity contribution in [3.63, 3.8) is 0 Å². The Kier molecular flexibility index (Phi) is 10.7. The van der Waals surface area contributed by atoms with Crippen LogP contribution in [0.2, 0.25) is 0 Å². The average Bonchev–Trinajstić information content (AvgIpc) is 2.61. The summed E-state index contributed by atoms with van der Waals surface area (Å²) in [5.74, 6) is 1.46. The lowest BCUT2D eigenvalue weighted by atomic mass is 10.1. The van der Waals surface area contributed by atoms with Crippen molar-refractivity contribution in [2.45, 2.75) is 26.5 Å². The molecular formula is C20H27BrClNO3. The Morgan fingerprint density at radius 2 is 1.77 bits per heavy atom. The Labute approximate surface area is 170 Å². The topological polar surface area (TPSA) is 39.7 Å². The normalized spacial score (nSPS) is 10.3. The summed E-state index contributed by atoms with van der Waals surface area (Å²) in [7, 11) is 3.38. The van der Waals surface area contributed by atoms with Crippen molar-refractivity contribution in [2.75, 3.05) is 27.4 Å². The molecular weight excluding hydrogens is 418 g/mol. The summed E-state index contributed by atoms with van der Waals surface area (Å²) >= 11 is 3.61. The Bertz CT molecular complexity index is 665. The third-order valence-corrected chi connectivity index (χ3v) is 4.41. The van der Waals surface area contributed by atoms with E-state index >= 15 is 0 Å². The predicted octanol–water partition coefficient (Wildman–Crippen LogP) is 4.89. The van der Waals surface area contributed by atoms with Crippen LogP contribution in [0.25, 0.3) is 0 Å². The molecule has 2 aromatic rings. The van der Waals surface area contributed by atoms with Gasteiger partial charge in [0.2, 0.25) is 0 Å². The predicted molar refractivity (Wildman–Crippen MR) is 112 cm³/mol. The lowest BCUT2D eigenvalue weighted by molar-refractivity contribution is 0.194. The van der Waals surface area contributed by atoms with E-state index in [2.05, 4.69) is 58.5 Å². The van der Waals surface area contributed by atoms with Gasteiger partial charge in [0.1, 0.15) is 6.61 Å². The number of hydrogen-bond donors (Lipinski definition) is 1. The number of nitrogens with one attached hydrogen (secondary N) is 1. The highest BCUT2D eigenvalue weighted by Gasteiger charge is 2.12. The molecule has 0 radical (unpaired) electrons. The molecule has 0 aliphatic heterocycles. The van der Waals surface area contributed by atoms with Gasteiger partial charge < -0.3 is 19.5 Å². The van der Waals surface area contributed by atoms with E-state index in [1.54, 1.807) is 14.2 Å². The first-order valence-electron chi connectivity index (χ1n) is 8.38. The summed E-state index contributed by atoms with van der Waals surface area (Å²) in [6, 6.07) is 12.4. The van der Waals surface area contributed by atoms with E-state index in [1.807, 2.05) is 6.07 Å². The van der Waals surface area contributed by atoms with Gasteiger partial charge in [0.15, 0.2) is 11.5 Å². The summed E-state index contributed by atoms with van der Waals surface area (Å²) in [4.78, 5) is 0. The van der Waals surface area contributed by atoms with Crippen LogP contribution in [0.4, 0.5) is 0 Å². The van der Waals surface area contributed by atoms with Crippen LogP contribution >= 0.6 is 28.3 Å². The number of halogens is 2. The van der Waals surface area contributed by atoms with Crippen molar-refractivity contribution in [3.8, 4) is 11.5 Å². The summed E-state index contributed by atoms with van der Waals surface area (Å²) in [6.07, 6.45) is 0.993. The molecule has 0 spiro atoms. The zero-order valence-corrected chi connectivity index (χ0v) is 17.9. The van der Waals surface area contributed by atoms with Crippen LogP contribution in [-0.4, -0.2) is 27.4 Å². The van der Waals surface area contributed by atoms with Crippen molar-refractivity contribution < 1.29 is 14.2 Å². The first-order valence-corrected chi connectivity index (χ1v) is 9.17. The van der Waals surface area contributed by atoms with Gasteiger partial charge in [-0.1, -0.05) is 29.8 Å². The van der Waals surface area contributed by atoms with Gasteiger partial charge in [-0.25, -0.2) is 0 Å². The largest absolute Gasteiger partial charge is 0.493 e. The fraction of sp³-hybridized carbons (Fsp3) is 0.400. The Balaban J connectivity index is 0.00000338. The maximum Gasteiger partial charge on any atom is 0.175 e. The molecule has 1 N–H and O–H groups in total. The molecule has 26 heavy (non-hydrogen) atoms. The monoisotopic (exact) mass is 443 g/mol. The molecule has 0 fully saturated rings. The summed E-state index contributed by atoms with van der Waals surface area (Å²) in [5.41, 5.74) is 3.51. The first-order chi connectivity index (χ1) is 12.1. The highest BCUT2D eigenvalue weighted by atomic mass is 79.9. The van der Waals surface area contributed by atoms with Crippen LogP contribution in [0, 0.1) is 6.92 Å². The first kappa shape index (κ1) is 22.8. The van der Waals surface area contributed by atoms with Gasteiger partial charge in [-0.3, -0.25) is 0 Å². The molecule has 0 aromatic heterocycles. The number of methoxy groups -OCH3 is 2. The second-order valence-corrected chi connectivity index (χ2v) is 6.76. The number of hydrogen-bond acceptors (Lipinski definition) is 4. The minimum absolute atomic E-state index is 0. The standard InChI is InChI=1S/C20H26BrNO3.ClH/c1-15-5-7-16(8-6-15)14-25-20-18(21)11-17(12-19(20)24-3)13-22-9-4-10-23-2;/h5-8,11-12,22H,4,9-10,13-14H2,1-3H3;1H. The molecule has 0 aliphatic carbocycles. The molecule has 2 rings (SSSR count). The lowest BCUT2D eigenvalue weighted by Gasteiger charge is -2.15. The Hall–Kier alpha value is -1.27. The minimum atomic E-state index is 0. The van der Waals surface area contributed by atoms with Gasteiger partial charge >= 0.3 is 0 Å². The van der Waals surface area contributed by atoms with Crippen LogP contribution in [-0.2, 0) is 17.9 Å². The van der Waals surface area contributed by atoms with Crippen molar-refractivity contribution >= 4 is 28.3 Å². The molecule has 0 unspecified atom stereocenters. The third kappa shape index (κ3) is 7.16. The molecule has 0 saturated carbocycles. The molecule has 0 saturated heterocycles. The molecule has 2 aromatic carbocycles. The number of rotatable bonds is 10. The van der Waals surface area contributed by atoms with Gasteiger partial charge in [-0.15, -0.1) is 12.4 Å². The molecule has 0 bridgehead atoms. The fourth-order valence-corrected chi connectivity index (χ4v) is 3.03. The van der Waals surface area contributed by atoms with Crippen molar-refractivity contribution in [1.82, 2.24) is 5.32 Å². The van der Waals surface area contributed by atoms with Crippen molar-refractivity contribution in [2.24, 2.45) is 0 Å². The molecule has 0 amide bonds. The SMILES string of the molecule is COCCCNCc1cc(Br)c(OCc2ccc(C)cc2)c(OC)c1.Cl. The molecule has 0 aliphatic rings. The molecule has 0 heterocycles. The van der Waals surface area contributed by atoms with Crippen LogP contribution < -0.4 is 14.8 Å². The third-order valence-electron chi connectivity index (χ3n) is 3.82. The fourth-order valence-electron chi connectivity index (χ4n) is 2.43. The van der Waals surface area contributed by atoms with Crippen LogP contribution in [0.15, 0.2) is 40.9 Å². The van der Waals surface area contributed by atoms with E-state index in [1.165, 1.54) is 5.56 Å². The van der Waals surface area contributed by atoms with Crippen LogP contribution in [0.5, 0.6) is 11.5 Å². The van der Waals surface area contributed by atoms with Gasteiger partial charge in [-0.05, 0) is 59.1 Å². The van der Waals surface area contributed by atoms with E-state index in [4.69, 9.17) is 14.2 Å². The minimum Gasteiger partial charge on any atom is -0.493 e. The zero-order valence-electron chi connectivity index (χ0n) is 15.5. The van der Waals surface area contributed by atoms with Gasteiger partial charge in [-0.2, -0.15) is 0 Å². The zero-order chi connectivity index (χ0) is 18.1. The molecule has 4 nitrogen and oxygen atoms in total. The maximum atomic E-state index is 5.99. The van der Waals surface area contributed by atoms with E-state index in [0.29, 0.717) is 6.61 Å². The second-order valence-electron chi connectivity index (χ2n) is 5.91. The number of benzene rings is 2. The smallest absolute Gasteiger partial charge is 0.175 e. The molecule has 6 heteroatoms. The van der Waals surface area contributed by atoms with E-state index in [-0.39, 0.29) is 12.4 Å². The van der Waals surface area contributed by atoms with Gasteiger partial charge in [0, 0.05) is 20.3 Å². The maximum absolute atomic E-state index is 5.99. The second kappa shape index (κ2) is 12.2. The van der Waals surface area contributed by atoms with Crippen LogP contribution in [0.1, 0.15) is 23.1 Å². The quantitative estimate of drug-likeness (QED) is 0.529. The van der Waals surface area contributed by atoms with Crippen molar-refractivity contribution in [1.29, 1.82) is 0 Å². The molecule has 0 atom stereocenters. The summed E-state index contributed by atoms with van der Waals surface area (Å²) in [5, 5.41) is 3.40. The van der Waals surface area contributed by atoms with Gasteiger partial charge in [0.25, 0.3) is 0 Å². The number of ether oxygens (including phenoxy) is 3. The van der Waals surface area contributed by atoms with E-state index in [0.717, 1.165) is 53.2 Å². The Morgan fingerprint density at radius 3 is 2.42 bits per heavy atom. The van der Waals surface area contributed by atoms with Gasteiger partial charge in [0.05, 0.1) is 11.6 Å². The van der Waals surface area contributed by atoms with Crippen LogP contribution in [0.3, 0.4) is 0 Å².